The zero-order valence-electron chi connectivity index (χ0n) is 11.0. The molecule has 2 nitrogen and oxygen atoms in total. The minimum absolute atomic E-state index is 0.00856. The Hall–Kier alpha value is -1.87. The molecule has 0 aliphatic rings. The Kier molecular flexibility index (Phi) is 3.45. The Morgan fingerprint density at radius 2 is 1.95 bits per heavy atom. The van der Waals surface area contributed by atoms with Gasteiger partial charge in [-0.1, -0.05) is 45.8 Å². The fourth-order valence-corrected chi connectivity index (χ4v) is 2.63. The first kappa shape index (κ1) is 13.1. The van der Waals surface area contributed by atoms with Crippen molar-refractivity contribution < 1.29 is 9.21 Å². The molecular weight excluding hydrogens is 316 g/mol. The molecule has 1 aromatic heterocycles. The molecule has 0 unspecified atom stereocenters. The molecular formula is C17H13BrO2. The minimum atomic E-state index is -0.00856. The standard InChI is InChI=1S/C17H13BrO2/c1-11-6-7-16-13(8-11)10-17(20-16)15(19)9-12-4-2-3-5-14(12)18/h2-8,10H,9H2,1H3. The number of Topliss-reactive ketones (excluding diaryl/α,β-unsaturated/α-hetero) is 1. The predicted molar refractivity (Wildman–Crippen MR) is 83.1 cm³/mol. The number of hydrogen-bond acceptors (Lipinski definition) is 2. The van der Waals surface area contributed by atoms with Crippen LogP contribution in [0.3, 0.4) is 0 Å². The summed E-state index contributed by atoms with van der Waals surface area (Å²) in [4.78, 5) is 12.3. The lowest BCUT2D eigenvalue weighted by Gasteiger charge is -2.01. The van der Waals surface area contributed by atoms with Gasteiger partial charge in [0.05, 0.1) is 0 Å². The third kappa shape index (κ3) is 2.54. The van der Waals surface area contributed by atoms with Gasteiger partial charge in [-0.3, -0.25) is 4.79 Å². The maximum absolute atomic E-state index is 12.3. The third-order valence-corrected chi connectivity index (χ3v) is 4.03. The van der Waals surface area contributed by atoms with Crippen LogP contribution in [0.15, 0.2) is 57.4 Å². The maximum Gasteiger partial charge on any atom is 0.202 e. The normalized spacial score (nSPS) is 10.9. The van der Waals surface area contributed by atoms with Gasteiger partial charge in [0.1, 0.15) is 5.58 Å². The van der Waals surface area contributed by atoms with Crippen molar-refractivity contribution in [1.29, 1.82) is 0 Å². The van der Waals surface area contributed by atoms with E-state index < -0.39 is 0 Å². The third-order valence-electron chi connectivity index (χ3n) is 3.26. The van der Waals surface area contributed by atoms with Gasteiger partial charge >= 0.3 is 0 Å². The molecule has 1 heterocycles. The fraction of sp³-hybridized carbons (Fsp3) is 0.118. The van der Waals surface area contributed by atoms with Crippen LogP contribution in [0.4, 0.5) is 0 Å². The molecule has 0 atom stereocenters. The summed E-state index contributed by atoms with van der Waals surface area (Å²) in [5.74, 6) is 0.409. The summed E-state index contributed by atoms with van der Waals surface area (Å²) in [5.41, 5.74) is 2.88. The van der Waals surface area contributed by atoms with Crippen LogP contribution in [-0.2, 0) is 6.42 Å². The lowest BCUT2D eigenvalue weighted by atomic mass is 10.1. The van der Waals surface area contributed by atoms with Gasteiger partial charge in [0.2, 0.25) is 5.78 Å². The zero-order chi connectivity index (χ0) is 14.1. The molecule has 20 heavy (non-hydrogen) atoms. The molecule has 0 fully saturated rings. The van der Waals surface area contributed by atoms with Crippen LogP contribution in [0.1, 0.15) is 21.7 Å². The number of furan rings is 1. The van der Waals surface area contributed by atoms with Crippen molar-refractivity contribution in [2.24, 2.45) is 0 Å². The van der Waals surface area contributed by atoms with Gasteiger partial charge in [-0.05, 0) is 36.8 Å². The molecule has 0 bridgehead atoms. The van der Waals surface area contributed by atoms with Gasteiger partial charge in [0.25, 0.3) is 0 Å². The van der Waals surface area contributed by atoms with Gasteiger partial charge in [-0.2, -0.15) is 0 Å². The van der Waals surface area contributed by atoms with Gasteiger partial charge in [0.15, 0.2) is 5.76 Å². The summed E-state index contributed by atoms with van der Waals surface area (Å²) < 4.78 is 6.58. The molecule has 0 aliphatic heterocycles. The first-order chi connectivity index (χ1) is 9.63. The van der Waals surface area contributed by atoms with Gasteiger partial charge in [-0.25, -0.2) is 0 Å². The smallest absolute Gasteiger partial charge is 0.202 e. The molecule has 100 valence electrons. The van der Waals surface area contributed by atoms with E-state index in [1.807, 2.05) is 55.5 Å². The molecule has 0 spiro atoms. The summed E-state index contributed by atoms with van der Waals surface area (Å²) in [6.45, 7) is 2.02. The molecule has 0 amide bonds. The highest BCUT2D eigenvalue weighted by Gasteiger charge is 2.14. The molecule has 0 saturated carbocycles. The molecule has 0 N–H and O–H groups in total. The van der Waals surface area contributed by atoms with E-state index in [1.54, 1.807) is 0 Å². The molecule has 0 saturated heterocycles. The maximum atomic E-state index is 12.3. The number of aryl methyl sites for hydroxylation is 1. The molecule has 3 aromatic rings. The van der Waals surface area contributed by atoms with Gasteiger partial charge in [-0.15, -0.1) is 0 Å². The first-order valence-electron chi connectivity index (χ1n) is 6.40. The summed E-state index contributed by atoms with van der Waals surface area (Å²) in [5, 5.41) is 0.973. The average molecular weight is 329 g/mol. The van der Waals surface area contributed by atoms with E-state index in [-0.39, 0.29) is 5.78 Å². The van der Waals surface area contributed by atoms with Crippen LogP contribution in [0.2, 0.25) is 0 Å². The summed E-state index contributed by atoms with van der Waals surface area (Å²) >= 11 is 3.46. The highest BCUT2D eigenvalue weighted by molar-refractivity contribution is 9.10. The number of carbonyl (C=O) groups excluding carboxylic acids is 1. The van der Waals surface area contributed by atoms with Crippen LogP contribution in [-0.4, -0.2) is 5.78 Å². The van der Waals surface area contributed by atoms with Crippen molar-refractivity contribution in [1.82, 2.24) is 0 Å². The Morgan fingerprint density at radius 1 is 1.15 bits per heavy atom. The van der Waals surface area contributed by atoms with E-state index in [0.29, 0.717) is 12.2 Å². The van der Waals surface area contributed by atoms with Crippen LogP contribution in [0, 0.1) is 6.92 Å². The van der Waals surface area contributed by atoms with Crippen molar-refractivity contribution in [2.75, 3.05) is 0 Å². The molecule has 3 rings (SSSR count). The molecule has 2 aromatic carbocycles. The topological polar surface area (TPSA) is 30.2 Å². The SMILES string of the molecule is Cc1ccc2oc(C(=O)Cc3ccccc3Br)cc2c1. The number of ketones is 1. The van der Waals surface area contributed by atoms with Crippen molar-refractivity contribution >= 4 is 32.7 Å². The number of rotatable bonds is 3. The Bertz CT molecular complexity index is 787. The van der Waals surface area contributed by atoms with Crippen LogP contribution in [0.5, 0.6) is 0 Å². The van der Waals surface area contributed by atoms with Crippen molar-refractivity contribution in [3.05, 3.63) is 69.9 Å². The van der Waals surface area contributed by atoms with E-state index in [0.717, 1.165) is 26.6 Å². The van der Waals surface area contributed by atoms with E-state index >= 15 is 0 Å². The number of hydrogen-bond donors (Lipinski definition) is 0. The van der Waals surface area contributed by atoms with Crippen LogP contribution < -0.4 is 0 Å². The molecule has 3 heteroatoms. The average Bonchev–Trinajstić information content (AvgIpc) is 2.84. The number of carbonyl (C=O) groups is 1. The minimum Gasteiger partial charge on any atom is -0.453 e. The Labute approximate surface area is 125 Å². The summed E-state index contributed by atoms with van der Waals surface area (Å²) in [6.07, 6.45) is 0.334. The zero-order valence-corrected chi connectivity index (χ0v) is 12.6. The lowest BCUT2D eigenvalue weighted by Crippen LogP contribution is -2.02. The quantitative estimate of drug-likeness (QED) is 0.638. The number of fused-ring (bicyclic) bond motifs is 1. The highest BCUT2D eigenvalue weighted by Crippen LogP contribution is 2.23. The van der Waals surface area contributed by atoms with Crippen molar-refractivity contribution in [3.63, 3.8) is 0 Å². The van der Waals surface area contributed by atoms with Gasteiger partial charge in [0, 0.05) is 16.3 Å². The van der Waals surface area contributed by atoms with E-state index in [4.69, 9.17) is 4.42 Å². The predicted octanol–water partition coefficient (Wildman–Crippen LogP) is 4.93. The summed E-state index contributed by atoms with van der Waals surface area (Å²) in [7, 11) is 0. The second-order valence-electron chi connectivity index (χ2n) is 4.84. The van der Waals surface area contributed by atoms with Crippen molar-refractivity contribution in [2.45, 2.75) is 13.3 Å². The van der Waals surface area contributed by atoms with E-state index in [1.165, 1.54) is 0 Å². The largest absolute Gasteiger partial charge is 0.453 e. The Morgan fingerprint density at radius 3 is 2.75 bits per heavy atom. The second-order valence-corrected chi connectivity index (χ2v) is 5.70. The summed E-state index contributed by atoms with van der Waals surface area (Å²) in [6, 6.07) is 15.5. The van der Waals surface area contributed by atoms with Crippen LogP contribution in [0.25, 0.3) is 11.0 Å². The van der Waals surface area contributed by atoms with Gasteiger partial charge < -0.3 is 4.42 Å². The fourth-order valence-electron chi connectivity index (χ4n) is 2.20. The lowest BCUT2D eigenvalue weighted by molar-refractivity contribution is 0.0968. The second kappa shape index (κ2) is 5.25. The first-order valence-corrected chi connectivity index (χ1v) is 7.19. The highest BCUT2D eigenvalue weighted by atomic mass is 79.9. The monoisotopic (exact) mass is 328 g/mol. The number of benzene rings is 2. The molecule has 0 aliphatic carbocycles. The van der Waals surface area contributed by atoms with Crippen molar-refractivity contribution in [3.8, 4) is 0 Å². The van der Waals surface area contributed by atoms with E-state index in [2.05, 4.69) is 15.9 Å². The number of halogens is 1. The van der Waals surface area contributed by atoms with Crippen LogP contribution >= 0.6 is 15.9 Å². The molecule has 0 radical (unpaired) electrons. The van der Waals surface area contributed by atoms with E-state index in [9.17, 15) is 4.79 Å². The Balaban J connectivity index is 1.91.